The largest absolute Gasteiger partial charge is 0.458 e. The number of thiocarbonyl (C=S) groups is 2. The van der Waals surface area contributed by atoms with Crippen LogP contribution in [-0.4, -0.2) is 88.1 Å². The van der Waals surface area contributed by atoms with Gasteiger partial charge in [0.15, 0.2) is 34.5 Å². The van der Waals surface area contributed by atoms with Crippen LogP contribution in [0, 0.1) is 47.3 Å². The van der Waals surface area contributed by atoms with Crippen molar-refractivity contribution >= 4 is 63.3 Å². The first-order chi connectivity index (χ1) is 43.7. The van der Waals surface area contributed by atoms with E-state index in [2.05, 4.69) is 143 Å². The summed E-state index contributed by atoms with van der Waals surface area (Å²) in [4.78, 5) is 27.3. The summed E-state index contributed by atoms with van der Waals surface area (Å²) < 4.78 is 41.9. The third kappa shape index (κ3) is 12.2. The first-order valence-corrected chi connectivity index (χ1v) is 36.5. The van der Waals surface area contributed by atoms with Gasteiger partial charge in [-0.1, -0.05) is 127 Å². The number of hydrogen-bond donors (Lipinski definition) is 1. The lowest BCUT2D eigenvalue weighted by Crippen LogP contribution is -2.70. The second-order valence-electron chi connectivity index (χ2n) is 30.5. The minimum Gasteiger partial charge on any atom is -0.458 e. The fourth-order valence-corrected chi connectivity index (χ4v) is 19.4. The summed E-state index contributed by atoms with van der Waals surface area (Å²) in [6.07, 6.45) is 28.7. The maximum absolute atomic E-state index is 7.51. The summed E-state index contributed by atoms with van der Waals surface area (Å²) in [5.41, 5.74) is 8.88. The standard InChI is InChI=1S/C75H102ClN3O10S2/c1-47-32-36-55-49(3)65(81-67-74(55)53(47)40-42-72(9,84-67)86-88-74)80-63(90)31-16-12-11-14-22-45-78-59-29-19-17-27-57(59)70(5,6)61(78)38-34-51-25-24-26-52(64(51)76)35-39-62-71(7,8)58-28-18-20-30-60(58)79(62)46-23-15-13-21-44-77-69(91)83-66-50(4)56-37-33-48(2)54-41-43-73(10)85-68(82-66)75(54,56)89-87-73/h17-20,27-30,34-35,38-39,47-50,53-56,65-68H,11-16,21-26,31-33,36-37,40-46H2,1-10H3/p+1/t47-,48-,49-,50-,53+,54+,55+,56+,65?,66?,67-,68-,72-,73-,74-,75-/m0/s1. The molecule has 15 rings (SSSR count). The molecule has 1 N–H and O–H groups in total. The van der Waals surface area contributed by atoms with Crippen molar-refractivity contribution in [2.24, 2.45) is 47.3 Å². The van der Waals surface area contributed by atoms with E-state index in [4.69, 9.17) is 84.0 Å². The highest BCUT2D eigenvalue weighted by Crippen LogP contribution is 2.63. The van der Waals surface area contributed by atoms with E-state index in [1.807, 2.05) is 13.8 Å². The second kappa shape index (κ2) is 26.4. The minimum absolute atomic E-state index is 0.0620. The van der Waals surface area contributed by atoms with Crippen LogP contribution in [0.25, 0.3) is 0 Å². The van der Waals surface area contributed by atoms with Crippen molar-refractivity contribution in [2.75, 3.05) is 24.5 Å². The van der Waals surface area contributed by atoms with Crippen LogP contribution in [0.1, 0.15) is 215 Å². The van der Waals surface area contributed by atoms with E-state index in [0.29, 0.717) is 33.9 Å². The molecule has 2 unspecified atom stereocenters. The Morgan fingerprint density at radius 3 is 1.91 bits per heavy atom. The predicted molar refractivity (Wildman–Crippen MR) is 363 cm³/mol. The summed E-state index contributed by atoms with van der Waals surface area (Å²) in [5.74, 6) is 0.581. The summed E-state index contributed by atoms with van der Waals surface area (Å²) >= 11 is 19.2. The molecule has 0 radical (unpaired) electrons. The lowest BCUT2D eigenvalue weighted by atomic mass is 9.58. The van der Waals surface area contributed by atoms with E-state index in [-0.39, 0.29) is 34.5 Å². The highest BCUT2D eigenvalue weighted by atomic mass is 35.5. The Morgan fingerprint density at radius 2 is 1.23 bits per heavy atom. The maximum atomic E-state index is 7.51. The molecule has 0 amide bonds. The molecule has 4 bridgehead atoms. The number of fused-ring (bicyclic) bond motifs is 6. The Bertz CT molecular complexity index is 3220. The maximum Gasteiger partial charge on any atom is 0.258 e. The van der Waals surface area contributed by atoms with Crippen LogP contribution in [0.3, 0.4) is 0 Å². The zero-order chi connectivity index (χ0) is 63.7. The molecule has 91 heavy (non-hydrogen) atoms. The Labute approximate surface area is 558 Å². The summed E-state index contributed by atoms with van der Waals surface area (Å²) in [6, 6.07) is 17.9. The van der Waals surface area contributed by atoms with Crippen molar-refractivity contribution in [1.29, 1.82) is 0 Å². The molecule has 2 saturated carbocycles. The second-order valence-corrected chi connectivity index (χ2v) is 31.7. The van der Waals surface area contributed by atoms with Crippen molar-refractivity contribution in [3.8, 4) is 0 Å². The monoisotopic (exact) mass is 1300 g/mol. The van der Waals surface area contributed by atoms with Gasteiger partial charge < -0.3 is 38.6 Å². The number of para-hydroxylation sites is 2. The zero-order valence-electron chi connectivity index (χ0n) is 56.0. The van der Waals surface area contributed by atoms with Crippen LogP contribution in [0.15, 0.2) is 94.7 Å². The van der Waals surface area contributed by atoms with Gasteiger partial charge in [0, 0.05) is 102 Å². The van der Waals surface area contributed by atoms with Crippen molar-refractivity contribution in [1.82, 2.24) is 5.32 Å². The van der Waals surface area contributed by atoms with Gasteiger partial charge in [0.25, 0.3) is 5.17 Å². The first kappa shape index (κ1) is 66.1. The number of ether oxygens (including phenoxy) is 6. The van der Waals surface area contributed by atoms with Crippen LogP contribution in [0.2, 0.25) is 0 Å². The Balaban J connectivity index is 0.593. The summed E-state index contributed by atoms with van der Waals surface area (Å²) in [6.45, 7) is 25.1. The SMILES string of the molecule is C[C@@H]1C(OC(=S)CCCCCCC[N+]2=C(C=CC3=C(Cl)C(=CC=C4N(CCCCCCNC(=S)OC5O[C@H]6O[C@]7(C)CC[C@@H]8[C@@H](C)CC[C@H]([C@@H]5C)[C@]68OO7)c5ccccc5C4(C)C)CCC3)C(C)(C)c3ccccc32)O[C@H]2O[C@]3(C)CC[C@@H]4[C@@H](C)CC[C@H]1[C@]24OO3. The van der Waals surface area contributed by atoms with Crippen molar-refractivity contribution in [3.05, 3.63) is 106 Å². The van der Waals surface area contributed by atoms with Crippen LogP contribution in [0.5, 0.6) is 0 Å². The average Bonchev–Trinajstić information content (AvgIpc) is 1.71. The average molecular weight is 1310 g/mol. The minimum atomic E-state index is -0.826. The van der Waals surface area contributed by atoms with Crippen LogP contribution in [0.4, 0.5) is 11.4 Å². The molecule has 16 atom stereocenters. The van der Waals surface area contributed by atoms with E-state index in [1.165, 1.54) is 45.1 Å². The molecule has 3 aliphatic carbocycles. The number of anilines is 1. The summed E-state index contributed by atoms with van der Waals surface area (Å²) in [7, 11) is 0. The highest BCUT2D eigenvalue weighted by Gasteiger charge is 2.71. The van der Waals surface area contributed by atoms with Crippen molar-refractivity contribution in [2.45, 2.75) is 263 Å². The lowest BCUT2D eigenvalue weighted by molar-refractivity contribution is -0.576. The van der Waals surface area contributed by atoms with Gasteiger partial charge in [0.1, 0.15) is 6.54 Å². The number of nitrogens with one attached hydrogen (secondary N) is 1. The van der Waals surface area contributed by atoms with Gasteiger partial charge in [0.05, 0.1) is 5.41 Å². The molecule has 13 aliphatic rings. The number of rotatable bonds is 20. The third-order valence-corrected chi connectivity index (χ3v) is 25.0. The molecule has 10 heterocycles. The molecular weight excluding hydrogens is 1200 g/mol. The van der Waals surface area contributed by atoms with E-state index in [9.17, 15) is 0 Å². The van der Waals surface area contributed by atoms with E-state index >= 15 is 0 Å². The quantitative estimate of drug-likeness (QED) is 0.0588. The molecule has 496 valence electrons. The van der Waals surface area contributed by atoms with Gasteiger partial charge in [-0.3, -0.25) is 0 Å². The fraction of sp³-hybridized carbons (Fsp3) is 0.693. The van der Waals surface area contributed by atoms with Crippen molar-refractivity contribution < 1.29 is 52.5 Å². The Hall–Kier alpha value is -3.58. The van der Waals surface area contributed by atoms with Gasteiger partial charge in [-0.25, -0.2) is 19.6 Å². The molecule has 2 aromatic carbocycles. The summed E-state index contributed by atoms with van der Waals surface area (Å²) in [5, 5.41) is 5.29. The molecule has 13 nitrogen and oxygen atoms in total. The normalized spacial score (nSPS) is 38.3. The number of hydrogen-bond acceptors (Lipinski definition) is 13. The third-order valence-electron chi connectivity index (χ3n) is 23.9. The molecule has 16 heteroatoms. The topological polar surface area (TPSA) is 111 Å². The molecule has 2 aromatic rings. The molecule has 10 aliphatic heterocycles. The van der Waals surface area contributed by atoms with Crippen LogP contribution < -0.4 is 10.2 Å². The van der Waals surface area contributed by atoms with Gasteiger partial charge in [-0.2, -0.15) is 4.58 Å². The smallest absolute Gasteiger partial charge is 0.258 e. The van der Waals surface area contributed by atoms with E-state index in [0.717, 1.165) is 160 Å². The van der Waals surface area contributed by atoms with Gasteiger partial charge in [-0.05, 0) is 188 Å². The molecule has 0 aromatic heterocycles. The van der Waals surface area contributed by atoms with Gasteiger partial charge in [0.2, 0.25) is 29.8 Å². The van der Waals surface area contributed by atoms with Gasteiger partial charge >= 0.3 is 0 Å². The zero-order valence-corrected chi connectivity index (χ0v) is 58.4. The van der Waals surface area contributed by atoms with Crippen LogP contribution >= 0.6 is 36.0 Å². The predicted octanol–water partition coefficient (Wildman–Crippen LogP) is 17.5. The number of unbranched alkanes of at least 4 members (excludes halogenated alkanes) is 7. The number of benzene rings is 2. The highest BCUT2D eigenvalue weighted by molar-refractivity contribution is 7.80. The molecule has 2 spiro atoms. The van der Waals surface area contributed by atoms with E-state index in [1.54, 1.807) is 0 Å². The fourth-order valence-electron chi connectivity index (χ4n) is 18.7. The molecule has 10 fully saturated rings. The molecular formula is C75H103ClN3O10S2+. The Morgan fingerprint density at radius 1 is 0.637 bits per heavy atom. The lowest BCUT2D eigenvalue weighted by Gasteiger charge is -2.60. The molecule has 8 saturated heterocycles. The Kier molecular flexibility index (Phi) is 19.2. The number of halogens is 1. The van der Waals surface area contributed by atoms with Crippen molar-refractivity contribution in [3.63, 3.8) is 0 Å². The van der Waals surface area contributed by atoms with E-state index < -0.39 is 47.9 Å². The number of nitrogens with zero attached hydrogens (tertiary/aromatic N) is 2. The van der Waals surface area contributed by atoms with Gasteiger partial charge in [-0.15, -0.1) is 0 Å². The number of allylic oxidation sites excluding steroid dienone is 8. The van der Waals surface area contributed by atoms with Crippen LogP contribution in [-0.2, 0) is 58.8 Å². The first-order valence-electron chi connectivity index (χ1n) is 35.3.